The van der Waals surface area contributed by atoms with E-state index in [0.717, 1.165) is 21.3 Å². The Hall–Kier alpha value is -3.49. The number of halogens is 1. The summed E-state index contributed by atoms with van der Waals surface area (Å²) < 4.78 is 0.967. The van der Waals surface area contributed by atoms with E-state index in [0.29, 0.717) is 22.9 Å². The Morgan fingerprint density at radius 3 is 1.82 bits per heavy atom. The van der Waals surface area contributed by atoms with Crippen molar-refractivity contribution < 1.29 is 0 Å². The fraction of sp³-hybridized carbons (Fsp3) is 0. The molecule has 0 aliphatic carbocycles. The number of rotatable bonds is 4. The van der Waals surface area contributed by atoms with Crippen molar-refractivity contribution in [2.45, 2.75) is 0 Å². The number of nitriles is 1. The molecule has 3 aromatic carbocycles. The average Bonchev–Trinajstić information content (AvgIpc) is 2.75. The minimum absolute atomic E-state index is 0.446. The molecule has 1 heterocycles. The van der Waals surface area contributed by atoms with Crippen LogP contribution in [-0.4, -0.2) is 9.97 Å². The molecule has 0 atom stereocenters. The van der Waals surface area contributed by atoms with Gasteiger partial charge < -0.3 is 5.32 Å². The van der Waals surface area contributed by atoms with Gasteiger partial charge in [0.05, 0.1) is 11.4 Å². The van der Waals surface area contributed by atoms with E-state index in [1.807, 2.05) is 84.9 Å². The lowest BCUT2D eigenvalue weighted by molar-refractivity contribution is 1.16. The van der Waals surface area contributed by atoms with Gasteiger partial charge in [0.1, 0.15) is 11.6 Å². The maximum Gasteiger partial charge on any atom is 0.228 e. The molecule has 134 valence electrons. The number of aromatic nitrogens is 2. The first-order valence-corrected chi connectivity index (χ1v) is 9.49. The highest BCUT2D eigenvalue weighted by Crippen LogP contribution is 2.31. The number of nitrogens with one attached hydrogen (secondary N) is 1. The van der Waals surface area contributed by atoms with Gasteiger partial charge in [-0.25, -0.2) is 9.97 Å². The molecule has 0 bridgehead atoms. The quantitative estimate of drug-likeness (QED) is 0.422. The van der Waals surface area contributed by atoms with Crippen LogP contribution in [0.25, 0.3) is 22.5 Å². The summed E-state index contributed by atoms with van der Waals surface area (Å²) in [4.78, 5) is 9.32. The molecule has 0 fully saturated rings. The van der Waals surface area contributed by atoms with Gasteiger partial charge in [-0.1, -0.05) is 76.6 Å². The van der Waals surface area contributed by atoms with Crippen molar-refractivity contribution in [2.24, 2.45) is 0 Å². The number of para-hydroxylation sites is 1. The van der Waals surface area contributed by atoms with Crippen LogP contribution in [0.1, 0.15) is 5.56 Å². The highest BCUT2D eigenvalue weighted by molar-refractivity contribution is 9.10. The normalized spacial score (nSPS) is 10.3. The molecule has 0 radical (unpaired) electrons. The Morgan fingerprint density at radius 1 is 0.714 bits per heavy atom. The lowest BCUT2D eigenvalue weighted by Crippen LogP contribution is -2.03. The summed E-state index contributed by atoms with van der Waals surface area (Å²) in [7, 11) is 0. The number of anilines is 2. The summed E-state index contributed by atoms with van der Waals surface area (Å²) in [5.74, 6) is 0.446. The van der Waals surface area contributed by atoms with Gasteiger partial charge in [0.25, 0.3) is 0 Å². The second kappa shape index (κ2) is 8.03. The van der Waals surface area contributed by atoms with Crippen LogP contribution in [0.5, 0.6) is 0 Å². The molecule has 5 heteroatoms. The van der Waals surface area contributed by atoms with Crippen molar-refractivity contribution in [3.8, 4) is 28.6 Å². The maximum absolute atomic E-state index is 9.90. The van der Waals surface area contributed by atoms with Crippen LogP contribution in [0.4, 0.5) is 11.6 Å². The van der Waals surface area contributed by atoms with Crippen LogP contribution in [0, 0.1) is 11.3 Å². The lowest BCUT2D eigenvalue weighted by atomic mass is 10.0. The van der Waals surface area contributed by atoms with Crippen molar-refractivity contribution in [3.05, 3.63) is 95.0 Å². The molecular formula is C23H15BrN4. The molecule has 1 aromatic heterocycles. The van der Waals surface area contributed by atoms with E-state index in [9.17, 15) is 5.26 Å². The smallest absolute Gasteiger partial charge is 0.228 e. The second-order valence-corrected chi connectivity index (χ2v) is 7.01. The minimum Gasteiger partial charge on any atom is -0.324 e. The Kier molecular flexibility index (Phi) is 5.14. The zero-order valence-corrected chi connectivity index (χ0v) is 16.4. The largest absolute Gasteiger partial charge is 0.324 e. The van der Waals surface area contributed by atoms with E-state index in [-0.39, 0.29) is 0 Å². The molecule has 4 aromatic rings. The molecule has 0 aliphatic rings. The van der Waals surface area contributed by atoms with Crippen molar-refractivity contribution in [1.29, 1.82) is 5.26 Å². The fourth-order valence-corrected chi connectivity index (χ4v) is 3.16. The van der Waals surface area contributed by atoms with E-state index in [1.54, 1.807) is 0 Å². The van der Waals surface area contributed by atoms with E-state index in [4.69, 9.17) is 0 Å². The summed E-state index contributed by atoms with van der Waals surface area (Å²) in [5, 5.41) is 13.1. The van der Waals surface area contributed by atoms with E-state index >= 15 is 0 Å². The number of nitrogens with zero attached hydrogens (tertiary/aromatic N) is 3. The molecule has 0 unspecified atom stereocenters. The molecule has 0 saturated heterocycles. The predicted octanol–water partition coefficient (Wildman–Crippen LogP) is 6.19. The first-order valence-electron chi connectivity index (χ1n) is 8.70. The maximum atomic E-state index is 9.90. The second-order valence-electron chi connectivity index (χ2n) is 6.10. The summed E-state index contributed by atoms with van der Waals surface area (Å²) in [6.07, 6.45) is 0. The summed E-state index contributed by atoms with van der Waals surface area (Å²) >= 11 is 3.45. The van der Waals surface area contributed by atoms with Crippen molar-refractivity contribution in [2.75, 3.05) is 5.32 Å². The third-order valence-electron chi connectivity index (χ3n) is 4.22. The van der Waals surface area contributed by atoms with Crippen LogP contribution in [-0.2, 0) is 0 Å². The highest BCUT2D eigenvalue weighted by Gasteiger charge is 2.17. The van der Waals surface area contributed by atoms with Crippen molar-refractivity contribution >= 4 is 27.6 Å². The third kappa shape index (κ3) is 3.78. The predicted molar refractivity (Wildman–Crippen MR) is 115 cm³/mol. The van der Waals surface area contributed by atoms with Crippen molar-refractivity contribution in [1.82, 2.24) is 9.97 Å². The molecule has 0 amide bonds. The summed E-state index contributed by atoms with van der Waals surface area (Å²) in [5.41, 5.74) is 4.27. The molecule has 0 spiro atoms. The average molecular weight is 427 g/mol. The monoisotopic (exact) mass is 426 g/mol. The Labute approximate surface area is 171 Å². The van der Waals surface area contributed by atoms with Gasteiger partial charge in [0.2, 0.25) is 5.95 Å². The highest BCUT2D eigenvalue weighted by atomic mass is 79.9. The standard InChI is InChI=1S/C23H15BrN4/c24-18-13-11-17(12-14-18)22-20(15-25)21(16-7-3-1-4-8-16)27-23(28-22)26-19-9-5-2-6-10-19/h1-14H,(H,26,27,28). The number of benzene rings is 3. The van der Waals surface area contributed by atoms with E-state index < -0.39 is 0 Å². The SMILES string of the molecule is N#Cc1c(-c2ccccc2)nc(Nc2ccccc2)nc1-c1ccc(Br)cc1. The molecular weight excluding hydrogens is 412 g/mol. The van der Waals surface area contributed by atoms with Gasteiger partial charge in [-0.2, -0.15) is 5.26 Å². The van der Waals surface area contributed by atoms with Gasteiger partial charge in [-0.3, -0.25) is 0 Å². The molecule has 0 aliphatic heterocycles. The molecule has 4 rings (SSSR count). The zero-order valence-electron chi connectivity index (χ0n) is 14.8. The summed E-state index contributed by atoms with van der Waals surface area (Å²) in [6.45, 7) is 0. The molecule has 1 N–H and O–H groups in total. The van der Waals surface area contributed by atoms with Crippen LogP contribution in [0.2, 0.25) is 0 Å². The van der Waals surface area contributed by atoms with Gasteiger partial charge in [-0.15, -0.1) is 0 Å². The fourth-order valence-electron chi connectivity index (χ4n) is 2.89. The Bertz CT molecular complexity index is 1140. The van der Waals surface area contributed by atoms with Gasteiger partial charge in [0, 0.05) is 21.3 Å². The minimum atomic E-state index is 0.446. The first-order chi connectivity index (χ1) is 13.7. The van der Waals surface area contributed by atoms with Crippen molar-refractivity contribution in [3.63, 3.8) is 0 Å². The topological polar surface area (TPSA) is 61.6 Å². The van der Waals surface area contributed by atoms with Crippen LogP contribution >= 0.6 is 15.9 Å². The van der Waals surface area contributed by atoms with Gasteiger partial charge in [0.15, 0.2) is 0 Å². The number of hydrogen-bond acceptors (Lipinski definition) is 4. The zero-order chi connectivity index (χ0) is 19.3. The number of hydrogen-bond donors (Lipinski definition) is 1. The van der Waals surface area contributed by atoms with E-state index in [1.165, 1.54) is 0 Å². The van der Waals surface area contributed by atoms with Crippen LogP contribution < -0.4 is 5.32 Å². The van der Waals surface area contributed by atoms with Gasteiger partial charge in [-0.05, 0) is 24.3 Å². The van der Waals surface area contributed by atoms with E-state index in [2.05, 4.69) is 37.3 Å². The Balaban J connectivity index is 1.92. The van der Waals surface area contributed by atoms with Crippen LogP contribution in [0.3, 0.4) is 0 Å². The third-order valence-corrected chi connectivity index (χ3v) is 4.74. The molecule has 0 saturated carbocycles. The van der Waals surface area contributed by atoms with Crippen LogP contribution in [0.15, 0.2) is 89.4 Å². The summed E-state index contributed by atoms with van der Waals surface area (Å²) in [6, 6.07) is 29.5. The molecule has 4 nitrogen and oxygen atoms in total. The molecule has 28 heavy (non-hydrogen) atoms. The lowest BCUT2D eigenvalue weighted by Gasteiger charge is -2.13. The Morgan fingerprint density at radius 2 is 1.25 bits per heavy atom. The first kappa shape index (κ1) is 17.9. The van der Waals surface area contributed by atoms with Gasteiger partial charge >= 0.3 is 0 Å².